The molecule has 0 amide bonds. The molecule has 0 fully saturated rings. The van der Waals surface area contributed by atoms with Gasteiger partial charge in [-0.15, -0.1) is 0 Å². The molecule has 10 heavy (non-hydrogen) atoms. The second kappa shape index (κ2) is 11.5. The largest absolute Gasteiger partial charge is 0.394 e. The van der Waals surface area contributed by atoms with Crippen molar-refractivity contribution in [2.24, 2.45) is 0 Å². The second-order valence-corrected chi connectivity index (χ2v) is 1.90. The molecule has 0 bridgehead atoms. The second-order valence-electron chi connectivity index (χ2n) is 1.90. The first-order valence-electron chi connectivity index (χ1n) is 3.61. The van der Waals surface area contributed by atoms with Crippen LogP contribution in [0.1, 0.15) is 26.7 Å². The highest BCUT2D eigenvalue weighted by Crippen LogP contribution is 1.98. The Bertz CT molecular complexity index is 61.7. The number of rotatable bonds is 3. The highest BCUT2D eigenvalue weighted by molar-refractivity contribution is 4.89. The molecule has 0 aliphatic carbocycles. The van der Waals surface area contributed by atoms with Gasteiger partial charge in [-0.25, -0.2) is 0 Å². The van der Waals surface area contributed by atoms with Crippen LogP contribution in [0.2, 0.25) is 0 Å². The van der Waals surface area contributed by atoms with Crippen molar-refractivity contribution in [1.29, 1.82) is 0 Å². The van der Waals surface area contributed by atoms with Crippen LogP contribution >= 0.6 is 0 Å². The monoisotopic (exact) mass is 146 g/mol. The van der Waals surface area contributed by atoms with Gasteiger partial charge in [0.25, 0.3) is 0 Å². The van der Waals surface area contributed by atoms with E-state index in [-0.39, 0.29) is 13.2 Å². The van der Waals surface area contributed by atoms with Crippen LogP contribution in [0.4, 0.5) is 0 Å². The van der Waals surface area contributed by atoms with Gasteiger partial charge >= 0.3 is 0 Å². The van der Waals surface area contributed by atoms with Crippen LogP contribution in [-0.2, 0) is 0 Å². The first-order chi connectivity index (χ1) is 4.72. The summed E-state index contributed by atoms with van der Waals surface area (Å²) >= 11 is 0. The molecule has 62 valence electrons. The van der Waals surface area contributed by atoms with Gasteiger partial charge in [0.05, 0.1) is 13.2 Å². The summed E-state index contributed by atoms with van der Waals surface area (Å²) in [5.74, 6) is 0. The molecule has 0 atom stereocenters. The zero-order valence-corrected chi connectivity index (χ0v) is 6.93. The number of allylic oxidation sites excluding steroid dienone is 1. The van der Waals surface area contributed by atoms with Crippen molar-refractivity contribution in [3.8, 4) is 0 Å². The van der Waals surface area contributed by atoms with Crippen LogP contribution < -0.4 is 0 Å². The summed E-state index contributed by atoms with van der Waals surface area (Å²) in [4.78, 5) is 0. The Kier molecular flexibility index (Phi) is 14.1. The van der Waals surface area contributed by atoms with E-state index < -0.39 is 0 Å². The van der Waals surface area contributed by atoms with Gasteiger partial charge in [0, 0.05) is 0 Å². The average Bonchev–Trinajstić information content (AvgIpc) is 2.03. The summed E-state index contributed by atoms with van der Waals surface area (Å²) in [7, 11) is 0. The first-order valence-corrected chi connectivity index (χ1v) is 3.61. The van der Waals surface area contributed by atoms with Crippen molar-refractivity contribution in [3.63, 3.8) is 0 Å². The lowest BCUT2D eigenvalue weighted by Gasteiger charge is -1.89. The van der Waals surface area contributed by atoms with Crippen LogP contribution in [0, 0.1) is 0 Å². The fourth-order valence-electron chi connectivity index (χ4n) is 0.250. The van der Waals surface area contributed by atoms with Crippen LogP contribution in [0.15, 0.2) is 12.2 Å². The lowest BCUT2D eigenvalue weighted by atomic mass is 10.2. The number of hydrogen-bond acceptors (Lipinski definition) is 2. The zero-order chi connectivity index (χ0) is 8.41. The Labute approximate surface area is 63.2 Å². The van der Waals surface area contributed by atoms with E-state index in [1.54, 1.807) is 0 Å². The van der Waals surface area contributed by atoms with Gasteiger partial charge in [0.2, 0.25) is 0 Å². The van der Waals surface area contributed by atoms with Crippen LogP contribution in [0.25, 0.3) is 0 Å². The van der Waals surface area contributed by atoms with E-state index in [0.29, 0.717) is 0 Å². The van der Waals surface area contributed by atoms with Gasteiger partial charge < -0.3 is 10.2 Å². The van der Waals surface area contributed by atoms with Gasteiger partial charge in [0.1, 0.15) is 0 Å². The third-order valence-corrected chi connectivity index (χ3v) is 1.10. The summed E-state index contributed by atoms with van der Waals surface area (Å²) in [5.41, 5.74) is 1.34. The summed E-state index contributed by atoms with van der Waals surface area (Å²) in [6.07, 6.45) is 2.27. The van der Waals surface area contributed by atoms with E-state index in [1.807, 2.05) is 0 Å². The number of aliphatic hydroxyl groups is 2. The van der Waals surface area contributed by atoms with Gasteiger partial charge in [-0.05, 0) is 12.8 Å². The van der Waals surface area contributed by atoms with Crippen LogP contribution in [0.3, 0.4) is 0 Å². The summed E-state index contributed by atoms with van der Waals surface area (Å²) < 4.78 is 0. The van der Waals surface area contributed by atoms with Crippen LogP contribution in [-0.4, -0.2) is 23.4 Å². The molecular formula is C8H18O2. The lowest BCUT2D eigenvalue weighted by molar-refractivity contribution is 0.186. The molecule has 0 aliphatic rings. The van der Waals surface area contributed by atoms with Crippen molar-refractivity contribution in [1.82, 2.24) is 0 Å². The number of hydrogen-bond donors (Lipinski definition) is 2. The van der Waals surface area contributed by atoms with E-state index in [0.717, 1.165) is 12.8 Å². The van der Waals surface area contributed by atoms with Crippen molar-refractivity contribution in [2.45, 2.75) is 26.7 Å². The Morgan fingerprint density at radius 1 is 1.10 bits per heavy atom. The molecule has 0 rings (SSSR count). The standard InChI is InChI=1S/C6H12.C2H6O2/c1-4-6(3)5-2;3-1-2-4/h3-5H2,1-2H3;3-4H,1-2H2. The van der Waals surface area contributed by atoms with E-state index in [1.165, 1.54) is 5.57 Å². The van der Waals surface area contributed by atoms with E-state index in [2.05, 4.69) is 20.4 Å². The Morgan fingerprint density at radius 2 is 1.40 bits per heavy atom. The molecule has 0 aromatic carbocycles. The normalized spacial score (nSPS) is 8.00. The quantitative estimate of drug-likeness (QED) is 0.590. The molecule has 0 aromatic rings. The highest BCUT2D eigenvalue weighted by atomic mass is 16.3. The van der Waals surface area contributed by atoms with Gasteiger partial charge in [-0.3, -0.25) is 0 Å². The Hall–Kier alpha value is -0.340. The SMILES string of the molecule is C=C(CC)CC.OCCO. The topological polar surface area (TPSA) is 40.5 Å². The fourth-order valence-corrected chi connectivity index (χ4v) is 0.250. The van der Waals surface area contributed by atoms with Gasteiger partial charge in [-0.2, -0.15) is 0 Å². The molecule has 0 aromatic heterocycles. The molecule has 0 saturated heterocycles. The van der Waals surface area contributed by atoms with E-state index in [9.17, 15) is 0 Å². The number of aliphatic hydroxyl groups excluding tert-OH is 2. The molecule has 0 spiro atoms. The molecule has 2 N–H and O–H groups in total. The van der Waals surface area contributed by atoms with Crippen molar-refractivity contribution >= 4 is 0 Å². The molecule has 0 heterocycles. The molecule has 0 unspecified atom stereocenters. The minimum absolute atomic E-state index is 0.125. The van der Waals surface area contributed by atoms with Crippen molar-refractivity contribution in [2.75, 3.05) is 13.2 Å². The van der Waals surface area contributed by atoms with E-state index in [4.69, 9.17) is 10.2 Å². The minimum atomic E-state index is -0.125. The van der Waals surface area contributed by atoms with E-state index >= 15 is 0 Å². The third-order valence-electron chi connectivity index (χ3n) is 1.10. The molecule has 0 aliphatic heterocycles. The molecular weight excluding hydrogens is 128 g/mol. The summed E-state index contributed by atoms with van der Waals surface area (Å²) in [5, 5.41) is 15.2. The highest BCUT2D eigenvalue weighted by Gasteiger charge is 1.78. The zero-order valence-electron chi connectivity index (χ0n) is 6.93. The summed E-state index contributed by atoms with van der Waals surface area (Å²) in [6, 6.07) is 0. The Morgan fingerprint density at radius 3 is 1.40 bits per heavy atom. The molecule has 2 heteroatoms. The molecule has 2 nitrogen and oxygen atoms in total. The maximum absolute atomic E-state index is 7.62. The lowest BCUT2D eigenvalue weighted by Crippen LogP contribution is -1.85. The summed E-state index contributed by atoms with van der Waals surface area (Å²) in [6.45, 7) is 7.80. The predicted molar refractivity (Wildman–Crippen MR) is 43.9 cm³/mol. The third kappa shape index (κ3) is 15.6. The maximum atomic E-state index is 7.62. The molecule has 0 radical (unpaired) electrons. The predicted octanol–water partition coefficient (Wildman–Crippen LogP) is 1.33. The average molecular weight is 146 g/mol. The minimum Gasteiger partial charge on any atom is -0.394 e. The maximum Gasteiger partial charge on any atom is 0.0662 e. The van der Waals surface area contributed by atoms with Crippen LogP contribution in [0.5, 0.6) is 0 Å². The van der Waals surface area contributed by atoms with Crippen molar-refractivity contribution in [3.05, 3.63) is 12.2 Å². The first kappa shape index (κ1) is 12.3. The Balaban J connectivity index is 0. The van der Waals surface area contributed by atoms with Gasteiger partial charge in [-0.1, -0.05) is 26.0 Å². The molecule has 0 saturated carbocycles. The van der Waals surface area contributed by atoms with Crippen molar-refractivity contribution < 1.29 is 10.2 Å². The smallest absolute Gasteiger partial charge is 0.0662 e. The van der Waals surface area contributed by atoms with Gasteiger partial charge in [0.15, 0.2) is 0 Å². The fraction of sp³-hybridized carbons (Fsp3) is 0.750.